The Morgan fingerprint density at radius 1 is 1.05 bits per heavy atom. The van der Waals surface area contributed by atoms with Crippen molar-refractivity contribution in [2.75, 3.05) is 0 Å². The zero-order valence-corrected chi connectivity index (χ0v) is 10.6. The van der Waals surface area contributed by atoms with Crippen molar-refractivity contribution in [2.45, 2.75) is 6.18 Å². The third kappa shape index (κ3) is 2.75. The predicted octanol–water partition coefficient (Wildman–Crippen LogP) is 4.93. The van der Waals surface area contributed by atoms with Crippen LogP contribution in [0.3, 0.4) is 0 Å². The van der Waals surface area contributed by atoms with Gasteiger partial charge in [0.15, 0.2) is 0 Å². The molecule has 2 rings (SSSR count). The highest BCUT2D eigenvalue weighted by Crippen LogP contribution is 2.37. The summed E-state index contributed by atoms with van der Waals surface area (Å²) in [4.78, 5) is 10.3. The summed E-state index contributed by atoms with van der Waals surface area (Å²) < 4.78 is 37.4. The first-order chi connectivity index (χ1) is 9.30. The summed E-state index contributed by atoms with van der Waals surface area (Å²) >= 11 is 5.76. The minimum Gasteiger partial charge on any atom is -0.258 e. The van der Waals surface area contributed by atoms with E-state index in [1.54, 1.807) is 0 Å². The summed E-state index contributed by atoms with van der Waals surface area (Å²) in [5.74, 6) is 0. The first-order valence-corrected chi connectivity index (χ1v) is 5.79. The normalized spacial score (nSPS) is 11.4. The molecule has 0 aliphatic carbocycles. The second kappa shape index (κ2) is 5.13. The summed E-state index contributed by atoms with van der Waals surface area (Å²) in [6, 6.07) is 8.41. The van der Waals surface area contributed by atoms with E-state index in [1.165, 1.54) is 30.3 Å². The van der Waals surface area contributed by atoms with Crippen LogP contribution in [0.1, 0.15) is 5.56 Å². The molecule has 104 valence electrons. The molecule has 0 saturated heterocycles. The molecule has 0 bridgehead atoms. The van der Waals surface area contributed by atoms with Crippen molar-refractivity contribution in [3.8, 4) is 11.1 Å². The van der Waals surface area contributed by atoms with Crippen molar-refractivity contribution < 1.29 is 18.1 Å². The fraction of sp³-hybridized carbons (Fsp3) is 0.0769. The lowest BCUT2D eigenvalue weighted by Gasteiger charge is -2.08. The van der Waals surface area contributed by atoms with Crippen LogP contribution in [-0.2, 0) is 6.18 Å². The molecule has 0 radical (unpaired) electrons. The highest BCUT2D eigenvalue weighted by Gasteiger charge is 2.30. The van der Waals surface area contributed by atoms with Gasteiger partial charge < -0.3 is 0 Å². The largest absolute Gasteiger partial charge is 0.416 e. The topological polar surface area (TPSA) is 43.1 Å². The summed E-state index contributed by atoms with van der Waals surface area (Å²) in [6.45, 7) is 0. The summed E-state index contributed by atoms with van der Waals surface area (Å²) in [7, 11) is 0. The second-order valence-electron chi connectivity index (χ2n) is 3.97. The molecule has 0 heterocycles. The van der Waals surface area contributed by atoms with Gasteiger partial charge in [0.2, 0.25) is 0 Å². The molecule has 0 aliphatic rings. The van der Waals surface area contributed by atoms with Crippen LogP contribution in [0.25, 0.3) is 11.1 Å². The van der Waals surface area contributed by atoms with Crippen LogP contribution in [-0.4, -0.2) is 4.92 Å². The fourth-order valence-corrected chi connectivity index (χ4v) is 2.02. The number of hydrogen-bond donors (Lipinski definition) is 0. The van der Waals surface area contributed by atoms with Crippen molar-refractivity contribution in [1.29, 1.82) is 0 Å². The SMILES string of the molecule is O=[N+]([O-])c1c(Cl)cccc1-c1ccc(C(F)(F)F)cc1. The van der Waals surface area contributed by atoms with E-state index in [0.29, 0.717) is 5.56 Å². The standard InChI is InChI=1S/C13H7ClF3NO2/c14-11-3-1-2-10(12(11)18(19)20)8-4-6-9(7-5-8)13(15,16)17/h1-7H. The van der Waals surface area contributed by atoms with Gasteiger partial charge in [0, 0.05) is 0 Å². The van der Waals surface area contributed by atoms with Crippen LogP contribution in [0.2, 0.25) is 5.02 Å². The van der Waals surface area contributed by atoms with E-state index in [0.717, 1.165) is 12.1 Å². The Hall–Kier alpha value is -2.08. The lowest BCUT2D eigenvalue weighted by atomic mass is 10.0. The molecule has 3 nitrogen and oxygen atoms in total. The monoisotopic (exact) mass is 301 g/mol. The molecule has 7 heteroatoms. The average Bonchev–Trinajstić information content (AvgIpc) is 2.37. The minimum absolute atomic E-state index is 0.0626. The highest BCUT2D eigenvalue weighted by atomic mass is 35.5. The Morgan fingerprint density at radius 3 is 2.15 bits per heavy atom. The molecular weight excluding hydrogens is 295 g/mol. The van der Waals surface area contributed by atoms with E-state index < -0.39 is 16.7 Å². The molecule has 2 aromatic carbocycles. The van der Waals surface area contributed by atoms with Crippen LogP contribution in [0.15, 0.2) is 42.5 Å². The summed E-state index contributed by atoms with van der Waals surface area (Å²) in [5, 5.41) is 10.9. The van der Waals surface area contributed by atoms with E-state index in [9.17, 15) is 23.3 Å². The molecule has 0 aliphatic heterocycles. The summed E-state index contributed by atoms with van der Waals surface area (Å²) in [6.07, 6.45) is -4.45. The van der Waals surface area contributed by atoms with Gasteiger partial charge in [-0.15, -0.1) is 0 Å². The van der Waals surface area contributed by atoms with Crippen LogP contribution in [0.4, 0.5) is 18.9 Å². The molecule has 0 aromatic heterocycles. The smallest absolute Gasteiger partial charge is 0.258 e. The lowest BCUT2D eigenvalue weighted by Crippen LogP contribution is -2.04. The molecule has 0 saturated carbocycles. The van der Waals surface area contributed by atoms with Crippen LogP contribution in [0.5, 0.6) is 0 Å². The number of nitrogens with zero attached hydrogens (tertiary/aromatic N) is 1. The minimum atomic E-state index is -4.45. The molecular formula is C13H7ClF3NO2. The van der Waals surface area contributed by atoms with Crippen LogP contribution < -0.4 is 0 Å². The zero-order valence-electron chi connectivity index (χ0n) is 9.82. The van der Waals surface area contributed by atoms with Crippen LogP contribution >= 0.6 is 11.6 Å². The molecule has 20 heavy (non-hydrogen) atoms. The number of halogens is 4. The summed E-state index contributed by atoms with van der Waals surface area (Å²) in [5.41, 5.74) is -0.664. The number of nitro groups is 1. The highest BCUT2D eigenvalue weighted by molar-refractivity contribution is 6.33. The lowest BCUT2D eigenvalue weighted by molar-refractivity contribution is -0.384. The predicted molar refractivity (Wildman–Crippen MR) is 68.5 cm³/mol. The molecule has 0 N–H and O–H groups in total. The van der Waals surface area contributed by atoms with Gasteiger partial charge in [0.25, 0.3) is 5.69 Å². The molecule has 0 fully saturated rings. The van der Waals surface area contributed by atoms with E-state index in [4.69, 9.17) is 11.6 Å². The molecule has 0 atom stereocenters. The number of alkyl halides is 3. The van der Waals surface area contributed by atoms with Gasteiger partial charge in [-0.1, -0.05) is 29.8 Å². The van der Waals surface area contributed by atoms with Gasteiger partial charge in [-0.2, -0.15) is 13.2 Å². The van der Waals surface area contributed by atoms with Crippen molar-refractivity contribution >= 4 is 17.3 Å². The van der Waals surface area contributed by atoms with Gasteiger partial charge in [-0.05, 0) is 29.8 Å². The third-order valence-electron chi connectivity index (χ3n) is 2.69. The van der Waals surface area contributed by atoms with Gasteiger partial charge in [-0.3, -0.25) is 10.1 Å². The van der Waals surface area contributed by atoms with Crippen molar-refractivity contribution in [3.63, 3.8) is 0 Å². The third-order valence-corrected chi connectivity index (χ3v) is 3.00. The van der Waals surface area contributed by atoms with Crippen molar-refractivity contribution in [3.05, 3.63) is 63.2 Å². The number of benzene rings is 2. The molecule has 2 aromatic rings. The Kier molecular flexibility index (Phi) is 3.67. The van der Waals surface area contributed by atoms with E-state index in [-0.39, 0.29) is 16.3 Å². The van der Waals surface area contributed by atoms with Crippen molar-refractivity contribution in [2.24, 2.45) is 0 Å². The fourth-order valence-electron chi connectivity index (χ4n) is 1.77. The molecule has 0 amide bonds. The average molecular weight is 302 g/mol. The quantitative estimate of drug-likeness (QED) is 0.583. The number of rotatable bonds is 2. The second-order valence-corrected chi connectivity index (χ2v) is 4.38. The van der Waals surface area contributed by atoms with Crippen LogP contribution in [0, 0.1) is 10.1 Å². The van der Waals surface area contributed by atoms with Gasteiger partial charge in [0.05, 0.1) is 16.1 Å². The maximum absolute atomic E-state index is 12.5. The number of nitro benzene ring substituents is 1. The zero-order chi connectivity index (χ0) is 14.9. The van der Waals surface area contributed by atoms with Gasteiger partial charge >= 0.3 is 6.18 Å². The first-order valence-electron chi connectivity index (χ1n) is 5.41. The van der Waals surface area contributed by atoms with E-state index in [2.05, 4.69) is 0 Å². The maximum atomic E-state index is 12.5. The van der Waals surface area contributed by atoms with E-state index >= 15 is 0 Å². The van der Waals surface area contributed by atoms with Gasteiger partial charge in [-0.25, -0.2) is 0 Å². The maximum Gasteiger partial charge on any atom is 0.416 e. The Morgan fingerprint density at radius 2 is 1.65 bits per heavy atom. The first kappa shape index (κ1) is 14.3. The van der Waals surface area contributed by atoms with Crippen molar-refractivity contribution in [1.82, 2.24) is 0 Å². The Bertz CT molecular complexity index is 654. The Balaban J connectivity index is 2.53. The van der Waals surface area contributed by atoms with E-state index in [1.807, 2.05) is 0 Å². The number of para-hydroxylation sites is 1. The van der Waals surface area contributed by atoms with Gasteiger partial charge in [0.1, 0.15) is 5.02 Å². The number of hydrogen-bond acceptors (Lipinski definition) is 2. The molecule has 0 spiro atoms. The molecule has 0 unspecified atom stereocenters. The Labute approximate surface area is 116 Å².